The maximum atomic E-state index is 13.9. The summed E-state index contributed by atoms with van der Waals surface area (Å²) in [5.41, 5.74) is 4.92. The van der Waals surface area contributed by atoms with Crippen LogP contribution in [0.4, 0.5) is 5.82 Å². The molecule has 0 spiro atoms. The summed E-state index contributed by atoms with van der Waals surface area (Å²) in [7, 11) is -3.64. The van der Waals surface area contributed by atoms with Gasteiger partial charge in [-0.3, -0.25) is 0 Å². The molecule has 1 aromatic carbocycles. The lowest BCUT2D eigenvalue weighted by Crippen LogP contribution is -2.28. The first kappa shape index (κ1) is 21.3. The Bertz CT molecular complexity index is 827. The Hall–Kier alpha value is -2.04. The van der Waals surface area contributed by atoms with Gasteiger partial charge in [-0.2, -0.15) is 4.62 Å². The molecular formula is C20H29N2O4P. The van der Waals surface area contributed by atoms with Crippen molar-refractivity contribution < 1.29 is 18.8 Å². The summed E-state index contributed by atoms with van der Waals surface area (Å²) in [6, 6.07) is 7.03. The van der Waals surface area contributed by atoms with Crippen molar-refractivity contribution in [3.8, 4) is 11.5 Å². The van der Waals surface area contributed by atoms with Crippen LogP contribution in [0, 0.1) is 20.8 Å². The molecule has 0 aliphatic heterocycles. The van der Waals surface area contributed by atoms with Gasteiger partial charge >= 0.3 is 7.60 Å². The van der Waals surface area contributed by atoms with E-state index in [0.29, 0.717) is 35.5 Å². The number of anilines is 1. The van der Waals surface area contributed by atoms with E-state index in [-0.39, 0.29) is 5.75 Å². The number of pyridine rings is 1. The molecule has 6 nitrogen and oxygen atoms in total. The first-order valence-corrected chi connectivity index (χ1v) is 10.7. The zero-order valence-electron chi connectivity index (χ0n) is 16.9. The van der Waals surface area contributed by atoms with Gasteiger partial charge in [0.2, 0.25) is 0 Å². The predicted molar refractivity (Wildman–Crippen MR) is 108 cm³/mol. The van der Waals surface area contributed by atoms with Gasteiger partial charge in [-0.1, -0.05) is 19.9 Å². The Balaban J connectivity index is 2.39. The largest absolute Gasteiger partial charge is 0.507 e. The molecule has 2 rings (SSSR count). The fourth-order valence-corrected chi connectivity index (χ4v) is 4.52. The van der Waals surface area contributed by atoms with Crippen LogP contribution in [-0.2, 0) is 9.19 Å². The number of phenols is 1. The molecule has 0 saturated heterocycles. The number of benzene rings is 1. The lowest BCUT2D eigenvalue weighted by molar-refractivity contribution is 0.279. The van der Waals surface area contributed by atoms with Crippen LogP contribution >= 0.6 is 7.60 Å². The van der Waals surface area contributed by atoms with E-state index in [0.717, 1.165) is 5.56 Å². The molecule has 0 radical (unpaired) electrons. The number of rotatable bonds is 8. The highest BCUT2D eigenvalue weighted by Gasteiger charge is 2.47. The zero-order chi connectivity index (χ0) is 20.2. The van der Waals surface area contributed by atoms with E-state index in [1.165, 1.54) is 0 Å². The van der Waals surface area contributed by atoms with Crippen LogP contribution < -0.4 is 10.0 Å². The second kappa shape index (κ2) is 8.32. The summed E-state index contributed by atoms with van der Waals surface area (Å²) >= 11 is 0. The van der Waals surface area contributed by atoms with Crippen molar-refractivity contribution >= 4 is 13.4 Å². The minimum absolute atomic E-state index is 0.203. The Morgan fingerprint density at radius 1 is 1.15 bits per heavy atom. The molecule has 0 saturated carbocycles. The van der Waals surface area contributed by atoms with Crippen LogP contribution in [0.1, 0.15) is 50.3 Å². The van der Waals surface area contributed by atoms with E-state index < -0.39 is 12.8 Å². The molecule has 0 fully saturated rings. The first-order chi connectivity index (χ1) is 12.7. The molecule has 1 heterocycles. The molecule has 2 N–H and O–H groups in total. The maximum absolute atomic E-state index is 13.9. The molecule has 1 unspecified atom stereocenters. The quantitative estimate of drug-likeness (QED) is 0.430. The summed E-state index contributed by atoms with van der Waals surface area (Å²) < 4.78 is 25.5. The van der Waals surface area contributed by atoms with Gasteiger partial charge < -0.3 is 9.63 Å². The molecule has 0 aliphatic carbocycles. The third-order valence-electron chi connectivity index (χ3n) is 5.15. The van der Waals surface area contributed by atoms with Gasteiger partial charge in [0.1, 0.15) is 11.5 Å². The third-order valence-corrected chi connectivity index (χ3v) is 7.88. The van der Waals surface area contributed by atoms with Gasteiger partial charge in [0.05, 0.1) is 5.16 Å². The number of nitrogens with zero attached hydrogens (tertiary/aromatic N) is 1. The van der Waals surface area contributed by atoms with Gasteiger partial charge in [-0.15, -0.1) is 0 Å². The fourth-order valence-electron chi connectivity index (χ4n) is 2.68. The summed E-state index contributed by atoms with van der Waals surface area (Å²) in [5, 5.41) is 9.30. The predicted octanol–water partition coefficient (Wildman–Crippen LogP) is 5.91. The Kier molecular flexibility index (Phi) is 6.55. The van der Waals surface area contributed by atoms with Gasteiger partial charge in [0.25, 0.3) is 0 Å². The summed E-state index contributed by atoms with van der Waals surface area (Å²) in [4.78, 5) is 4.22. The molecule has 0 aliphatic rings. The number of nitrogens with one attached hydrogen (secondary N) is 1. The maximum Gasteiger partial charge on any atom is 0.406 e. The van der Waals surface area contributed by atoms with Crippen LogP contribution in [0.5, 0.6) is 11.5 Å². The molecule has 1 atom stereocenters. The third kappa shape index (κ3) is 4.45. The Morgan fingerprint density at radius 2 is 1.74 bits per heavy atom. The highest BCUT2D eigenvalue weighted by molar-refractivity contribution is 7.56. The SMILES string of the molecule is CCC(C)(CC)P(=O)(ONc1ncccc1C)Oc1cc(C)c(O)c(C)c1. The van der Waals surface area contributed by atoms with E-state index in [1.807, 2.05) is 39.8 Å². The number of aryl methyl sites for hydroxylation is 3. The number of hydrogen-bond acceptors (Lipinski definition) is 6. The normalized spacial score (nSPS) is 13.9. The van der Waals surface area contributed by atoms with Crippen molar-refractivity contribution in [2.45, 2.75) is 59.5 Å². The highest BCUT2D eigenvalue weighted by Crippen LogP contribution is 2.62. The van der Waals surface area contributed by atoms with E-state index in [4.69, 9.17) is 9.15 Å². The highest BCUT2D eigenvalue weighted by atomic mass is 31.2. The first-order valence-electron chi connectivity index (χ1n) is 9.12. The van der Waals surface area contributed by atoms with E-state index in [9.17, 15) is 9.67 Å². The summed E-state index contributed by atoms with van der Waals surface area (Å²) in [6.45, 7) is 11.2. The van der Waals surface area contributed by atoms with Crippen molar-refractivity contribution in [1.82, 2.24) is 4.98 Å². The summed E-state index contributed by atoms with van der Waals surface area (Å²) in [6.07, 6.45) is 2.86. The Morgan fingerprint density at radius 3 is 2.26 bits per heavy atom. The van der Waals surface area contributed by atoms with Gasteiger partial charge in [0.15, 0.2) is 5.82 Å². The minimum Gasteiger partial charge on any atom is -0.507 e. The zero-order valence-corrected chi connectivity index (χ0v) is 17.8. The molecule has 2 aromatic rings. The van der Waals surface area contributed by atoms with Crippen LogP contribution in [0.3, 0.4) is 0 Å². The van der Waals surface area contributed by atoms with E-state index in [1.54, 1.807) is 32.2 Å². The lowest BCUT2D eigenvalue weighted by atomic mass is 10.1. The van der Waals surface area contributed by atoms with E-state index in [2.05, 4.69) is 10.5 Å². The molecule has 27 heavy (non-hydrogen) atoms. The van der Waals surface area contributed by atoms with Gasteiger partial charge in [-0.05, 0) is 75.4 Å². The van der Waals surface area contributed by atoms with Crippen molar-refractivity contribution in [2.75, 3.05) is 5.48 Å². The van der Waals surface area contributed by atoms with Gasteiger partial charge in [-0.25, -0.2) is 15.0 Å². The second-order valence-corrected chi connectivity index (χ2v) is 9.50. The minimum atomic E-state index is -3.64. The number of aromatic nitrogens is 1. The van der Waals surface area contributed by atoms with Crippen LogP contribution in [0.25, 0.3) is 0 Å². The van der Waals surface area contributed by atoms with Crippen molar-refractivity contribution in [3.63, 3.8) is 0 Å². The average molecular weight is 392 g/mol. The second-order valence-electron chi connectivity index (χ2n) is 7.06. The molecule has 0 bridgehead atoms. The van der Waals surface area contributed by atoms with Crippen molar-refractivity contribution in [3.05, 3.63) is 47.2 Å². The van der Waals surface area contributed by atoms with Crippen molar-refractivity contribution in [2.24, 2.45) is 0 Å². The van der Waals surface area contributed by atoms with Gasteiger partial charge in [0, 0.05) is 6.20 Å². The molecular weight excluding hydrogens is 363 g/mol. The van der Waals surface area contributed by atoms with Crippen LogP contribution in [-0.4, -0.2) is 15.2 Å². The standard InChI is InChI=1S/C20H29N2O4P/c1-7-20(6,8-2)27(24,26-22-19-14(3)10-9-11-21-19)25-17-12-15(4)18(23)16(5)13-17/h9-13,23H,7-8H2,1-6H3,(H,21,22). The van der Waals surface area contributed by atoms with Crippen LogP contribution in [0.2, 0.25) is 0 Å². The molecule has 1 aromatic heterocycles. The number of hydrogen-bond donors (Lipinski definition) is 2. The molecule has 148 valence electrons. The van der Waals surface area contributed by atoms with E-state index >= 15 is 0 Å². The smallest absolute Gasteiger partial charge is 0.406 e. The topological polar surface area (TPSA) is 80.7 Å². The monoisotopic (exact) mass is 392 g/mol. The average Bonchev–Trinajstić information content (AvgIpc) is 2.64. The Labute approximate surface area is 161 Å². The lowest BCUT2D eigenvalue weighted by Gasteiger charge is -2.34. The summed E-state index contributed by atoms with van der Waals surface area (Å²) in [5.74, 6) is 1.10. The number of aromatic hydroxyl groups is 1. The van der Waals surface area contributed by atoms with Crippen molar-refractivity contribution in [1.29, 1.82) is 0 Å². The van der Waals surface area contributed by atoms with Crippen LogP contribution in [0.15, 0.2) is 30.5 Å². The molecule has 0 amide bonds. The number of phenolic OH excluding ortho intramolecular Hbond substituents is 1. The fraction of sp³-hybridized carbons (Fsp3) is 0.450. The molecule has 7 heteroatoms.